The lowest BCUT2D eigenvalue weighted by Gasteiger charge is -2.07. The molecule has 0 unspecified atom stereocenters. The van der Waals surface area contributed by atoms with E-state index in [0.717, 1.165) is 15.9 Å². The lowest BCUT2D eigenvalue weighted by molar-refractivity contribution is 0.960. The van der Waals surface area contributed by atoms with Gasteiger partial charge in [0.15, 0.2) is 5.82 Å². The Morgan fingerprint density at radius 2 is 2.00 bits per heavy atom. The summed E-state index contributed by atoms with van der Waals surface area (Å²) in [7, 11) is 0. The maximum atomic E-state index is 4.52. The molecule has 3 rings (SSSR count). The first-order valence-electron chi connectivity index (χ1n) is 6.01. The summed E-state index contributed by atoms with van der Waals surface area (Å²) in [6, 6.07) is 14.5. The second-order valence-corrected chi connectivity index (χ2v) is 6.37. The highest BCUT2D eigenvalue weighted by Gasteiger charge is 2.12. The number of thioether (sulfide) groups is 1. The summed E-state index contributed by atoms with van der Waals surface area (Å²) in [4.78, 5) is 5.64. The minimum absolute atomic E-state index is 0.341. The van der Waals surface area contributed by atoms with Crippen LogP contribution in [-0.2, 0) is 0 Å². The van der Waals surface area contributed by atoms with Crippen LogP contribution in [0.4, 0.5) is 0 Å². The molecule has 19 heavy (non-hydrogen) atoms. The predicted molar refractivity (Wildman–Crippen MR) is 80.4 cm³/mol. The maximum Gasteiger partial charge on any atom is 0.209 e. The summed E-state index contributed by atoms with van der Waals surface area (Å²) < 4.78 is 0. The molecule has 0 amide bonds. The maximum absolute atomic E-state index is 4.52. The summed E-state index contributed by atoms with van der Waals surface area (Å²) in [5.41, 5.74) is 1.29. The van der Waals surface area contributed by atoms with Gasteiger partial charge in [-0.1, -0.05) is 48.2 Å². The monoisotopic (exact) mass is 287 g/mol. The van der Waals surface area contributed by atoms with Crippen LogP contribution in [0.2, 0.25) is 0 Å². The Morgan fingerprint density at radius 3 is 2.74 bits per heavy atom. The van der Waals surface area contributed by atoms with Crippen molar-refractivity contribution in [1.29, 1.82) is 0 Å². The minimum atomic E-state index is 0.341. The molecule has 0 aliphatic carbocycles. The van der Waals surface area contributed by atoms with E-state index in [4.69, 9.17) is 0 Å². The van der Waals surface area contributed by atoms with Gasteiger partial charge in [-0.2, -0.15) is 0 Å². The standard InChI is InChI=1S/C14H13N3S2/c1-10(11-6-3-2-4-7-11)19-14-15-13(16-17-14)12-8-5-9-18-12/h2-10H,1H3,(H,15,16,17)/t10-/m1/s1. The van der Waals surface area contributed by atoms with Crippen molar-refractivity contribution < 1.29 is 0 Å². The molecule has 2 heterocycles. The first-order valence-corrected chi connectivity index (χ1v) is 7.77. The molecule has 1 aromatic carbocycles. The van der Waals surface area contributed by atoms with E-state index in [-0.39, 0.29) is 0 Å². The van der Waals surface area contributed by atoms with Crippen molar-refractivity contribution in [2.45, 2.75) is 17.3 Å². The van der Waals surface area contributed by atoms with Crippen LogP contribution in [0.1, 0.15) is 17.7 Å². The van der Waals surface area contributed by atoms with Crippen LogP contribution in [0.25, 0.3) is 10.7 Å². The van der Waals surface area contributed by atoms with E-state index in [2.05, 4.69) is 46.4 Å². The Hall–Kier alpha value is -1.59. The molecule has 3 aromatic rings. The average molecular weight is 287 g/mol. The predicted octanol–water partition coefficient (Wildman–Crippen LogP) is 4.39. The molecule has 3 nitrogen and oxygen atoms in total. The van der Waals surface area contributed by atoms with Crippen LogP contribution in [-0.4, -0.2) is 15.2 Å². The van der Waals surface area contributed by atoms with Gasteiger partial charge in [0.05, 0.1) is 4.88 Å². The quantitative estimate of drug-likeness (QED) is 0.724. The highest BCUT2D eigenvalue weighted by atomic mass is 32.2. The molecular weight excluding hydrogens is 274 g/mol. The van der Waals surface area contributed by atoms with Gasteiger partial charge in [-0.3, -0.25) is 5.10 Å². The van der Waals surface area contributed by atoms with Gasteiger partial charge in [-0.15, -0.1) is 16.4 Å². The molecule has 96 valence electrons. The minimum Gasteiger partial charge on any atom is -0.257 e. The van der Waals surface area contributed by atoms with Crippen LogP contribution in [0, 0.1) is 0 Å². The molecule has 0 aliphatic heterocycles. The van der Waals surface area contributed by atoms with Crippen molar-refractivity contribution in [2.75, 3.05) is 0 Å². The first kappa shape index (κ1) is 12.4. The fourth-order valence-electron chi connectivity index (χ4n) is 1.77. The molecular formula is C14H13N3S2. The lowest BCUT2D eigenvalue weighted by Crippen LogP contribution is -1.88. The number of nitrogens with zero attached hydrogens (tertiary/aromatic N) is 2. The highest BCUT2D eigenvalue weighted by molar-refractivity contribution is 7.99. The number of nitrogens with one attached hydrogen (secondary N) is 1. The summed E-state index contributed by atoms with van der Waals surface area (Å²) >= 11 is 3.33. The van der Waals surface area contributed by atoms with Gasteiger partial charge in [-0.25, -0.2) is 4.98 Å². The van der Waals surface area contributed by atoms with E-state index >= 15 is 0 Å². The molecule has 1 atom stereocenters. The summed E-state index contributed by atoms with van der Waals surface area (Å²) in [5, 5.41) is 10.4. The van der Waals surface area contributed by atoms with Gasteiger partial charge in [0.1, 0.15) is 0 Å². The Bertz CT molecular complexity index is 632. The number of thiophene rings is 1. The summed E-state index contributed by atoms with van der Waals surface area (Å²) in [6.07, 6.45) is 0. The van der Waals surface area contributed by atoms with E-state index in [1.165, 1.54) is 5.56 Å². The normalized spacial score (nSPS) is 12.5. The molecule has 5 heteroatoms. The topological polar surface area (TPSA) is 41.6 Å². The van der Waals surface area contributed by atoms with Gasteiger partial charge < -0.3 is 0 Å². The fourth-order valence-corrected chi connectivity index (χ4v) is 3.29. The van der Waals surface area contributed by atoms with Crippen molar-refractivity contribution in [3.63, 3.8) is 0 Å². The average Bonchev–Trinajstić information content (AvgIpc) is 3.10. The zero-order valence-corrected chi connectivity index (χ0v) is 12.0. The lowest BCUT2D eigenvalue weighted by atomic mass is 10.2. The molecule has 0 spiro atoms. The SMILES string of the molecule is C[C@@H](Sc1n[nH]c(-c2cccs2)n1)c1ccccc1. The molecule has 0 aliphatic rings. The number of aromatic amines is 1. The third kappa shape index (κ3) is 2.88. The molecule has 2 aromatic heterocycles. The summed E-state index contributed by atoms with van der Waals surface area (Å²) in [5.74, 6) is 0.845. The van der Waals surface area contributed by atoms with Gasteiger partial charge in [0.25, 0.3) is 0 Å². The van der Waals surface area contributed by atoms with Crippen molar-refractivity contribution >= 4 is 23.1 Å². The Kier molecular flexibility index (Phi) is 3.66. The van der Waals surface area contributed by atoms with Crippen molar-refractivity contribution in [1.82, 2.24) is 15.2 Å². The second kappa shape index (κ2) is 5.59. The third-order valence-electron chi connectivity index (χ3n) is 2.77. The van der Waals surface area contributed by atoms with Gasteiger partial charge in [0, 0.05) is 5.25 Å². The van der Waals surface area contributed by atoms with Crippen molar-refractivity contribution in [3.8, 4) is 10.7 Å². The number of hydrogen-bond donors (Lipinski definition) is 1. The number of rotatable bonds is 4. The third-order valence-corrected chi connectivity index (χ3v) is 4.67. The van der Waals surface area contributed by atoms with Crippen LogP contribution in [0.3, 0.4) is 0 Å². The largest absolute Gasteiger partial charge is 0.257 e. The zero-order chi connectivity index (χ0) is 13.1. The van der Waals surface area contributed by atoms with E-state index in [0.29, 0.717) is 5.25 Å². The van der Waals surface area contributed by atoms with E-state index in [1.807, 2.05) is 23.6 Å². The molecule has 0 saturated heterocycles. The number of benzene rings is 1. The van der Waals surface area contributed by atoms with Crippen molar-refractivity contribution in [2.24, 2.45) is 0 Å². The van der Waals surface area contributed by atoms with Crippen molar-refractivity contribution in [3.05, 3.63) is 53.4 Å². The van der Waals surface area contributed by atoms with Crippen LogP contribution < -0.4 is 0 Å². The molecule has 0 fully saturated rings. The summed E-state index contributed by atoms with van der Waals surface area (Å²) in [6.45, 7) is 2.17. The zero-order valence-electron chi connectivity index (χ0n) is 10.4. The molecule has 0 saturated carbocycles. The van der Waals surface area contributed by atoms with Gasteiger partial charge >= 0.3 is 0 Å². The Labute approximate surface area is 120 Å². The fraction of sp³-hybridized carbons (Fsp3) is 0.143. The highest BCUT2D eigenvalue weighted by Crippen LogP contribution is 2.33. The Morgan fingerprint density at radius 1 is 1.16 bits per heavy atom. The Balaban J connectivity index is 1.74. The first-order chi connectivity index (χ1) is 9.33. The second-order valence-electron chi connectivity index (χ2n) is 4.11. The van der Waals surface area contributed by atoms with Crippen LogP contribution in [0.5, 0.6) is 0 Å². The molecule has 0 radical (unpaired) electrons. The molecule has 1 N–H and O–H groups in total. The van der Waals surface area contributed by atoms with Gasteiger partial charge in [-0.05, 0) is 23.9 Å². The number of hydrogen-bond acceptors (Lipinski definition) is 4. The van der Waals surface area contributed by atoms with Crippen LogP contribution >= 0.6 is 23.1 Å². The molecule has 0 bridgehead atoms. The number of H-pyrrole nitrogens is 1. The van der Waals surface area contributed by atoms with Crippen LogP contribution in [0.15, 0.2) is 53.0 Å². The van der Waals surface area contributed by atoms with E-state index < -0.39 is 0 Å². The smallest absolute Gasteiger partial charge is 0.209 e. The van der Waals surface area contributed by atoms with Gasteiger partial charge in [0.2, 0.25) is 5.16 Å². The van der Waals surface area contributed by atoms with E-state index in [1.54, 1.807) is 23.1 Å². The number of aromatic nitrogens is 3. The van der Waals surface area contributed by atoms with E-state index in [9.17, 15) is 0 Å².